The second-order valence-corrected chi connectivity index (χ2v) is 11.8. The van der Waals surface area contributed by atoms with Gasteiger partial charge in [0.25, 0.3) is 0 Å². The second kappa shape index (κ2) is 12.6. The molecule has 0 saturated carbocycles. The lowest BCUT2D eigenvalue weighted by atomic mass is 10.0. The Bertz CT molecular complexity index is 1780. The predicted octanol–water partition coefficient (Wildman–Crippen LogP) is 4.89. The van der Waals surface area contributed by atoms with Crippen molar-refractivity contribution in [2.24, 2.45) is 5.73 Å². The molecule has 0 radical (unpaired) electrons. The number of hydrogen-bond acceptors (Lipinski definition) is 7. The van der Waals surface area contributed by atoms with Gasteiger partial charge in [0.15, 0.2) is 5.76 Å². The van der Waals surface area contributed by atoms with E-state index in [4.69, 9.17) is 39.1 Å². The Kier molecular flexibility index (Phi) is 9.88. The van der Waals surface area contributed by atoms with E-state index in [0.29, 0.717) is 32.7 Å². The summed E-state index contributed by atoms with van der Waals surface area (Å²) in [5.74, 6) is -3.03. The van der Waals surface area contributed by atoms with Crippen LogP contribution >= 0.6 is 40.2 Å². The Hall–Kier alpha value is -3.42. The minimum absolute atomic E-state index is 0. The number of carboxylic acid groups (broad SMARTS) is 1. The van der Waals surface area contributed by atoms with Crippen molar-refractivity contribution < 1.29 is 32.3 Å². The third kappa shape index (κ3) is 7.08. The lowest BCUT2D eigenvalue weighted by Crippen LogP contribution is -2.46. The molecule has 0 bridgehead atoms. The van der Waals surface area contributed by atoms with Crippen LogP contribution < -0.4 is 11.5 Å². The first-order chi connectivity index (χ1) is 18.8. The molecule has 0 aliphatic carbocycles. The van der Waals surface area contributed by atoms with Gasteiger partial charge in [-0.05, 0) is 53.1 Å². The Balaban J connectivity index is 0.00000462. The molecule has 14 heteroatoms. The number of benzene rings is 3. The van der Waals surface area contributed by atoms with Crippen LogP contribution in [0.4, 0.5) is 5.69 Å². The molecule has 0 fully saturated rings. The number of fused-ring (bicyclic) bond motifs is 1. The molecule has 0 aliphatic heterocycles. The molecule has 1 heterocycles. The number of carbonyl (C=O) groups is 3. The highest BCUT2D eigenvalue weighted by Crippen LogP contribution is 2.35. The van der Waals surface area contributed by atoms with Crippen molar-refractivity contribution in [3.05, 3.63) is 87.6 Å². The first-order valence-electron chi connectivity index (χ1n) is 11.6. The van der Waals surface area contributed by atoms with Gasteiger partial charge >= 0.3 is 5.97 Å². The molecular formula is C27H24BrCl2N3O7S. The highest BCUT2D eigenvalue weighted by Gasteiger charge is 2.34. The number of hydrogen-bond donors (Lipinski definition) is 3. The number of nitrogens with two attached hydrogens (primary N) is 2. The molecule has 10 nitrogen and oxygen atoms in total. The maximum absolute atomic E-state index is 13.1. The van der Waals surface area contributed by atoms with Gasteiger partial charge in [0.1, 0.15) is 11.6 Å². The fourth-order valence-corrected chi connectivity index (χ4v) is 5.76. The number of aliphatic carboxylic acids is 1. The molecule has 4 aromatic rings. The van der Waals surface area contributed by atoms with Gasteiger partial charge < -0.3 is 21.0 Å². The van der Waals surface area contributed by atoms with Crippen molar-refractivity contribution in [1.29, 1.82) is 0 Å². The van der Waals surface area contributed by atoms with Gasteiger partial charge in [-0.15, -0.1) is 17.0 Å². The number of sulfonamides is 1. The normalized spacial score (nSPS) is 12.2. The molecule has 1 aromatic heterocycles. The van der Waals surface area contributed by atoms with Crippen molar-refractivity contribution in [1.82, 2.24) is 4.31 Å². The highest BCUT2D eigenvalue weighted by atomic mass is 79.9. The summed E-state index contributed by atoms with van der Waals surface area (Å²) < 4.78 is 31.4. The Morgan fingerprint density at radius 3 is 2.32 bits per heavy atom. The lowest BCUT2D eigenvalue weighted by molar-refractivity contribution is -0.143. The summed E-state index contributed by atoms with van der Waals surface area (Å²) in [7, 11) is -4.03. The summed E-state index contributed by atoms with van der Waals surface area (Å²) in [6.45, 7) is -0.312. The number of rotatable bonds is 10. The quantitative estimate of drug-likeness (QED) is 0.198. The SMILES string of the molecule is Br.CS(=O)(=O)N(Cc1cccc(-c2ccc3c(N)c(C(=O)c4ccc(Cl)cc4Cl)oc3c2)c1)[C@@H](CC(N)=O)C(=O)O. The molecule has 0 unspecified atom stereocenters. The molecule has 0 aliphatic rings. The molecule has 1 atom stereocenters. The van der Waals surface area contributed by atoms with Gasteiger partial charge in [-0.3, -0.25) is 14.4 Å². The van der Waals surface area contributed by atoms with Crippen LogP contribution in [0, 0.1) is 0 Å². The van der Waals surface area contributed by atoms with E-state index in [1.807, 2.05) is 0 Å². The summed E-state index contributed by atoms with van der Waals surface area (Å²) in [6.07, 6.45) is 0.181. The summed E-state index contributed by atoms with van der Waals surface area (Å²) in [6, 6.07) is 14.6. The third-order valence-corrected chi connectivity index (χ3v) is 7.95. The fraction of sp³-hybridized carbons (Fsp3) is 0.148. The van der Waals surface area contributed by atoms with Gasteiger partial charge in [0.05, 0.1) is 23.4 Å². The summed E-state index contributed by atoms with van der Waals surface area (Å²) in [5.41, 5.74) is 13.8. The Morgan fingerprint density at radius 2 is 1.71 bits per heavy atom. The van der Waals surface area contributed by atoms with Crippen molar-refractivity contribution >= 4 is 84.5 Å². The van der Waals surface area contributed by atoms with E-state index in [1.54, 1.807) is 42.5 Å². The first kappa shape index (κ1) is 32.1. The molecule has 216 valence electrons. The maximum Gasteiger partial charge on any atom is 0.322 e. The lowest BCUT2D eigenvalue weighted by Gasteiger charge is -2.26. The number of primary amides is 1. The zero-order valence-electron chi connectivity index (χ0n) is 21.3. The van der Waals surface area contributed by atoms with Crippen LogP contribution in [0.25, 0.3) is 22.1 Å². The molecule has 0 spiro atoms. The van der Waals surface area contributed by atoms with Crippen molar-refractivity contribution in [3.8, 4) is 11.1 Å². The van der Waals surface area contributed by atoms with E-state index in [-0.39, 0.29) is 45.6 Å². The van der Waals surface area contributed by atoms with Crippen molar-refractivity contribution in [2.45, 2.75) is 19.0 Å². The van der Waals surface area contributed by atoms with Crippen molar-refractivity contribution in [2.75, 3.05) is 12.0 Å². The average molecular weight is 685 g/mol. The smallest absolute Gasteiger partial charge is 0.322 e. The summed E-state index contributed by atoms with van der Waals surface area (Å²) in [5, 5.41) is 10.6. The monoisotopic (exact) mass is 683 g/mol. The number of halogens is 3. The number of nitrogen functional groups attached to an aromatic ring is 1. The van der Waals surface area contributed by atoms with Crippen LogP contribution in [0.5, 0.6) is 0 Å². The van der Waals surface area contributed by atoms with E-state index in [2.05, 4.69) is 0 Å². The van der Waals surface area contributed by atoms with Crippen LogP contribution in [-0.2, 0) is 26.2 Å². The molecule has 0 saturated heterocycles. The maximum atomic E-state index is 13.1. The number of nitrogens with zero attached hydrogens (tertiary/aromatic N) is 1. The van der Waals surface area contributed by atoms with Gasteiger partial charge in [0, 0.05) is 22.5 Å². The van der Waals surface area contributed by atoms with E-state index >= 15 is 0 Å². The molecule has 1 amide bonds. The zero-order valence-corrected chi connectivity index (χ0v) is 25.4. The van der Waals surface area contributed by atoms with Crippen LogP contribution in [0.3, 0.4) is 0 Å². The van der Waals surface area contributed by atoms with Crippen LogP contribution in [0.1, 0.15) is 28.1 Å². The van der Waals surface area contributed by atoms with E-state index in [0.717, 1.165) is 10.6 Å². The Morgan fingerprint density at radius 1 is 1.02 bits per heavy atom. The molecule has 3 aromatic carbocycles. The topological polar surface area (TPSA) is 174 Å². The average Bonchev–Trinajstić information content (AvgIpc) is 3.20. The number of anilines is 1. The molecule has 5 N–H and O–H groups in total. The summed E-state index contributed by atoms with van der Waals surface area (Å²) >= 11 is 12.1. The molecule has 4 rings (SSSR count). The number of carboxylic acids is 1. The van der Waals surface area contributed by atoms with Gasteiger partial charge in [-0.1, -0.05) is 47.5 Å². The minimum atomic E-state index is -4.03. The first-order valence-corrected chi connectivity index (χ1v) is 14.3. The minimum Gasteiger partial charge on any atom is -0.480 e. The number of furan rings is 1. The number of ketones is 1. The van der Waals surface area contributed by atoms with E-state index in [9.17, 15) is 27.9 Å². The largest absolute Gasteiger partial charge is 0.480 e. The standard InChI is InChI=1S/C27H23Cl2N3O7S.BrH/c1-40(37,38)32(21(27(35)36)12-23(30)33)13-14-3-2-4-15(9-14)16-5-7-19-22(10-16)39-26(24(19)31)25(34)18-8-6-17(28)11-20(18)29;/h2-11,21H,12-13,31H2,1H3,(H2,30,33)(H,35,36);1H/t21-;/m0./s1. The van der Waals surface area contributed by atoms with Gasteiger partial charge in [0.2, 0.25) is 21.7 Å². The molecular weight excluding hydrogens is 661 g/mol. The predicted molar refractivity (Wildman–Crippen MR) is 162 cm³/mol. The second-order valence-electron chi connectivity index (χ2n) is 9.04. The third-order valence-electron chi connectivity index (χ3n) is 6.16. The van der Waals surface area contributed by atoms with Crippen molar-refractivity contribution in [3.63, 3.8) is 0 Å². The summed E-state index contributed by atoms with van der Waals surface area (Å²) in [4.78, 5) is 36.3. The zero-order chi connectivity index (χ0) is 29.4. The fourth-order valence-electron chi connectivity index (χ4n) is 4.25. The highest BCUT2D eigenvalue weighted by molar-refractivity contribution is 8.93. The van der Waals surface area contributed by atoms with E-state index in [1.165, 1.54) is 18.2 Å². The van der Waals surface area contributed by atoms with Crippen LogP contribution in [-0.4, -0.2) is 47.8 Å². The number of amides is 1. The molecule has 41 heavy (non-hydrogen) atoms. The van der Waals surface area contributed by atoms with Gasteiger partial charge in [-0.2, -0.15) is 4.31 Å². The number of carbonyl (C=O) groups excluding carboxylic acids is 2. The van der Waals surface area contributed by atoms with Crippen LogP contribution in [0.15, 0.2) is 65.1 Å². The Labute approximate surface area is 255 Å². The van der Waals surface area contributed by atoms with Gasteiger partial charge in [-0.25, -0.2) is 8.42 Å². The van der Waals surface area contributed by atoms with Crippen LogP contribution in [0.2, 0.25) is 10.0 Å². The van der Waals surface area contributed by atoms with E-state index < -0.39 is 40.1 Å².